The molecule has 2 N–H and O–H groups in total. The summed E-state index contributed by atoms with van der Waals surface area (Å²) in [5, 5.41) is 0.730. The second-order valence-electron chi connectivity index (χ2n) is 8.40. The maximum atomic E-state index is 15.2. The van der Waals surface area contributed by atoms with Crippen LogP contribution in [0.2, 0.25) is 5.02 Å². The number of amides is 1. The molecule has 3 aromatic rings. The van der Waals surface area contributed by atoms with Gasteiger partial charge in [0.25, 0.3) is 0 Å². The van der Waals surface area contributed by atoms with Crippen molar-refractivity contribution in [3.8, 4) is 5.75 Å². The fourth-order valence-corrected chi connectivity index (χ4v) is 4.33. The number of halogens is 2. The maximum absolute atomic E-state index is 15.2. The highest BCUT2D eigenvalue weighted by Gasteiger charge is 2.24. The first kappa shape index (κ1) is 26.0. The predicted octanol–water partition coefficient (Wildman–Crippen LogP) is 3.05. The second-order valence-corrected chi connectivity index (χ2v) is 9.96. The molecular formula is C23H25ClFN5O5S. The van der Waals surface area contributed by atoms with Gasteiger partial charge in [-0.1, -0.05) is 11.6 Å². The molecular weight excluding hydrogens is 513 g/mol. The van der Waals surface area contributed by atoms with Gasteiger partial charge in [0.2, 0.25) is 0 Å². The van der Waals surface area contributed by atoms with Crippen LogP contribution >= 0.6 is 11.6 Å². The highest BCUT2D eigenvalue weighted by Crippen LogP contribution is 2.34. The molecule has 192 valence electrons. The molecule has 3 heterocycles. The Labute approximate surface area is 214 Å². The number of carbonyl (C=O) groups excluding carboxylic acids is 1. The number of nitrogens with zero attached hydrogens (tertiary/aromatic N) is 3. The molecule has 0 aliphatic carbocycles. The third kappa shape index (κ3) is 5.51. The van der Waals surface area contributed by atoms with Crippen molar-refractivity contribution < 1.29 is 22.5 Å². The third-order valence-corrected chi connectivity index (χ3v) is 6.82. The average molecular weight is 538 g/mol. The van der Waals surface area contributed by atoms with E-state index in [9.17, 15) is 13.8 Å². The minimum absolute atomic E-state index is 0.0575. The van der Waals surface area contributed by atoms with E-state index >= 15 is 4.39 Å². The number of rotatable bonds is 8. The molecule has 1 aromatic carbocycles. The number of carbonyl (C=O) groups is 1. The summed E-state index contributed by atoms with van der Waals surface area (Å²) in [4.78, 5) is 32.4. The number of nitrogens with one attached hydrogen (secondary N) is 2. The number of hydrogen-bond donors (Lipinski definition) is 2. The summed E-state index contributed by atoms with van der Waals surface area (Å²) in [5.74, 6) is -0.869. The minimum Gasteiger partial charge on any atom is -0.422 e. The van der Waals surface area contributed by atoms with Crippen molar-refractivity contribution >= 4 is 45.7 Å². The molecule has 0 radical (unpaired) electrons. The van der Waals surface area contributed by atoms with Gasteiger partial charge < -0.3 is 14.1 Å². The number of ether oxygens (including phenoxy) is 1. The first-order chi connectivity index (χ1) is 17.2. The van der Waals surface area contributed by atoms with E-state index in [1.807, 2.05) is 0 Å². The summed E-state index contributed by atoms with van der Waals surface area (Å²) >= 11 is 4.70. The zero-order chi connectivity index (χ0) is 26.0. The van der Waals surface area contributed by atoms with Gasteiger partial charge >= 0.3 is 11.7 Å². The van der Waals surface area contributed by atoms with Gasteiger partial charge in [0.05, 0.1) is 5.02 Å². The van der Waals surface area contributed by atoms with Crippen molar-refractivity contribution in [3.63, 3.8) is 0 Å². The van der Waals surface area contributed by atoms with Gasteiger partial charge in [-0.05, 0) is 49.8 Å². The lowest BCUT2D eigenvalue weighted by molar-refractivity contribution is 0.172. The summed E-state index contributed by atoms with van der Waals surface area (Å²) in [5.41, 5.74) is 0.661. The molecule has 10 nitrogen and oxygen atoms in total. The molecule has 1 amide bonds. The lowest BCUT2D eigenvalue weighted by Crippen LogP contribution is -2.37. The Balaban J connectivity index is 1.80. The summed E-state index contributed by atoms with van der Waals surface area (Å²) in [6.07, 6.45) is 1.70. The third-order valence-electron chi connectivity index (χ3n) is 5.78. The Kier molecular flexibility index (Phi) is 7.88. The van der Waals surface area contributed by atoms with Crippen LogP contribution in [0.3, 0.4) is 0 Å². The Morgan fingerprint density at radius 2 is 2.08 bits per heavy atom. The number of hydrogen-bond acceptors (Lipinski definition) is 7. The smallest absolute Gasteiger partial charge is 0.414 e. The second kappa shape index (κ2) is 10.9. The van der Waals surface area contributed by atoms with E-state index in [1.165, 1.54) is 44.4 Å². The van der Waals surface area contributed by atoms with E-state index in [1.54, 1.807) is 6.07 Å². The molecule has 4 rings (SSSR count). The average Bonchev–Trinajstić information content (AvgIpc) is 2.80. The number of pyridine rings is 1. The first-order valence-electron chi connectivity index (χ1n) is 11.1. The number of anilines is 1. The van der Waals surface area contributed by atoms with E-state index in [0.717, 1.165) is 19.5 Å². The SMILES string of the molecule is CNS(=O)Nc1nccc(Cc2c(CN3CCC3)c3cc(Cl)c(OC(=O)N(C)C)cc3oc2=O)c1F. The maximum Gasteiger partial charge on any atom is 0.414 e. The van der Waals surface area contributed by atoms with Gasteiger partial charge in [-0.2, -0.15) is 0 Å². The van der Waals surface area contributed by atoms with E-state index in [0.29, 0.717) is 17.5 Å². The van der Waals surface area contributed by atoms with Crippen LogP contribution in [-0.4, -0.2) is 59.3 Å². The first-order valence-corrected chi connectivity index (χ1v) is 12.6. The van der Waals surface area contributed by atoms with Crippen LogP contribution < -0.4 is 19.8 Å². The van der Waals surface area contributed by atoms with Crippen LogP contribution in [0.4, 0.5) is 15.0 Å². The zero-order valence-corrected chi connectivity index (χ0v) is 21.5. The molecule has 0 spiro atoms. The Morgan fingerprint density at radius 3 is 2.72 bits per heavy atom. The van der Waals surface area contributed by atoms with Crippen LogP contribution in [0.5, 0.6) is 5.75 Å². The van der Waals surface area contributed by atoms with Crippen molar-refractivity contribution in [2.45, 2.75) is 19.4 Å². The molecule has 2 aromatic heterocycles. The van der Waals surface area contributed by atoms with Gasteiger partial charge in [-0.15, -0.1) is 0 Å². The number of fused-ring (bicyclic) bond motifs is 1. The Bertz CT molecular complexity index is 1400. The molecule has 0 saturated carbocycles. The summed E-state index contributed by atoms with van der Waals surface area (Å²) in [6.45, 7) is 2.16. The normalized spacial score (nSPS) is 14.4. The highest BCUT2D eigenvalue weighted by molar-refractivity contribution is 7.84. The molecule has 1 fully saturated rings. The number of aromatic nitrogens is 1. The van der Waals surface area contributed by atoms with Crippen LogP contribution in [0, 0.1) is 5.82 Å². The van der Waals surface area contributed by atoms with E-state index in [2.05, 4.69) is 19.3 Å². The van der Waals surface area contributed by atoms with Gasteiger partial charge in [0.15, 0.2) is 28.6 Å². The van der Waals surface area contributed by atoms with E-state index in [4.69, 9.17) is 20.8 Å². The van der Waals surface area contributed by atoms with Crippen molar-refractivity contribution in [3.05, 3.63) is 62.3 Å². The molecule has 0 bridgehead atoms. The van der Waals surface area contributed by atoms with Crippen molar-refractivity contribution in [2.24, 2.45) is 0 Å². The highest BCUT2D eigenvalue weighted by atomic mass is 35.5. The van der Waals surface area contributed by atoms with Gasteiger partial charge in [0, 0.05) is 50.3 Å². The summed E-state index contributed by atoms with van der Waals surface area (Å²) in [7, 11) is 4.51. The molecule has 36 heavy (non-hydrogen) atoms. The lowest BCUT2D eigenvalue weighted by Gasteiger charge is -2.31. The largest absolute Gasteiger partial charge is 0.422 e. The fraction of sp³-hybridized carbons (Fsp3) is 0.348. The van der Waals surface area contributed by atoms with Gasteiger partial charge in [-0.3, -0.25) is 9.62 Å². The quantitative estimate of drug-likeness (QED) is 0.424. The topological polar surface area (TPSA) is 117 Å². The van der Waals surface area contributed by atoms with E-state index < -0.39 is 28.7 Å². The molecule has 1 atom stereocenters. The molecule has 13 heteroatoms. The van der Waals surface area contributed by atoms with Crippen LogP contribution in [-0.2, 0) is 24.1 Å². The molecule has 1 aliphatic heterocycles. The van der Waals surface area contributed by atoms with Crippen molar-refractivity contribution in [1.29, 1.82) is 0 Å². The van der Waals surface area contributed by atoms with E-state index in [-0.39, 0.29) is 39.7 Å². The Morgan fingerprint density at radius 1 is 1.33 bits per heavy atom. The standard InChI is InChI=1S/C23H25ClFN5O5S/c1-26-36(33)28-21-20(25)13(5-6-27-21)9-15-16(12-30-7-4-8-30)14-10-17(24)19(35-23(32)29(2)3)11-18(14)34-22(15)31/h5-6,10-11,26H,4,7-9,12H2,1-3H3,(H,27,28). The summed E-state index contributed by atoms with van der Waals surface area (Å²) < 4.78 is 42.7. The van der Waals surface area contributed by atoms with Crippen LogP contribution in [0.15, 0.2) is 33.6 Å². The molecule has 1 aliphatic rings. The van der Waals surface area contributed by atoms with Crippen LogP contribution in [0.25, 0.3) is 11.0 Å². The Hall–Kier alpha value is -3.06. The predicted molar refractivity (Wildman–Crippen MR) is 135 cm³/mol. The monoisotopic (exact) mass is 537 g/mol. The molecule has 1 saturated heterocycles. The lowest BCUT2D eigenvalue weighted by atomic mass is 9.97. The fourth-order valence-electron chi connectivity index (χ4n) is 3.71. The van der Waals surface area contributed by atoms with Crippen molar-refractivity contribution in [2.75, 3.05) is 39.0 Å². The molecule has 1 unspecified atom stereocenters. The number of likely N-dealkylation sites (tertiary alicyclic amines) is 1. The summed E-state index contributed by atoms with van der Waals surface area (Å²) in [6, 6.07) is 4.45. The van der Waals surface area contributed by atoms with Gasteiger partial charge in [0.1, 0.15) is 5.58 Å². The number of benzene rings is 1. The van der Waals surface area contributed by atoms with Crippen molar-refractivity contribution in [1.82, 2.24) is 19.5 Å². The minimum atomic E-state index is -1.73. The van der Waals surface area contributed by atoms with Gasteiger partial charge in [-0.25, -0.2) is 27.9 Å². The zero-order valence-electron chi connectivity index (χ0n) is 19.9. The van der Waals surface area contributed by atoms with Crippen LogP contribution in [0.1, 0.15) is 23.1 Å².